The Balaban J connectivity index is 2.49. The van der Waals surface area contributed by atoms with Gasteiger partial charge in [-0.15, -0.1) is 0 Å². The summed E-state index contributed by atoms with van der Waals surface area (Å²) >= 11 is -0.371. The molecule has 0 aliphatic carbocycles. The molecule has 1 rings (SSSR count). The first-order valence-electron chi connectivity index (χ1n) is 4.97. The summed E-state index contributed by atoms with van der Waals surface area (Å²) < 4.78 is 0.887. The molecule has 15 heavy (non-hydrogen) atoms. The number of halogens is 1. The summed E-state index contributed by atoms with van der Waals surface area (Å²) in [5, 5.41) is 15.9. The van der Waals surface area contributed by atoms with Crippen molar-refractivity contribution in [1.29, 1.82) is 0 Å². The second-order valence-electron chi connectivity index (χ2n) is 3.52. The minimum absolute atomic E-state index is 0.330. The monoisotopic (exact) mass is 321 g/mol. The molecule has 0 aromatic heterocycles. The summed E-state index contributed by atoms with van der Waals surface area (Å²) in [7, 11) is 1.90. The van der Waals surface area contributed by atoms with E-state index in [0.29, 0.717) is 6.04 Å². The Bertz CT molecular complexity index is 287. The Hall–Kier alpha value is -0.330. The van der Waals surface area contributed by atoms with E-state index in [0.717, 1.165) is 5.69 Å². The molecule has 0 spiro atoms. The molecule has 1 atom stereocenters. The fourth-order valence-corrected chi connectivity index (χ4v) is 3.47. The summed E-state index contributed by atoms with van der Waals surface area (Å²) in [6.07, 6.45) is 0. The van der Waals surface area contributed by atoms with Gasteiger partial charge in [0.25, 0.3) is 0 Å². The molecule has 0 aliphatic heterocycles. The molecule has 1 unspecified atom stereocenters. The van der Waals surface area contributed by atoms with Crippen LogP contribution in [-0.2, 0) is 0 Å². The van der Waals surface area contributed by atoms with Crippen LogP contribution in [0, 0.1) is 3.57 Å². The van der Waals surface area contributed by atoms with Crippen LogP contribution in [0.15, 0.2) is 24.3 Å². The molecular weight excluding hydrogens is 303 g/mol. The summed E-state index contributed by atoms with van der Waals surface area (Å²) in [5.41, 5.74) is 1.11. The first kappa shape index (κ1) is 12.7. The first-order valence-corrected chi connectivity index (χ1v) is 7.29. The molecule has 4 heteroatoms. The van der Waals surface area contributed by atoms with Gasteiger partial charge in [0.1, 0.15) is 0 Å². The summed E-state index contributed by atoms with van der Waals surface area (Å²) in [4.78, 5) is 0. The van der Waals surface area contributed by atoms with Crippen LogP contribution in [0.3, 0.4) is 0 Å². The zero-order valence-corrected chi connectivity index (χ0v) is 11.4. The molecule has 0 radical (unpaired) electrons. The Morgan fingerprint density at radius 1 is 1.20 bits per heavy atom. The number of alkyl halides is 1. The molecule has 0 saturated carbocycles. The number of anilines is 1. The van der Waals surface area contributed by atoms with Gasteiger partial charge >= 0.3 is 102 Å². The number of nitrogens with one attached hydrogen (secondary N) is 2. The van der Waals surface area contributed by atoms with Gasteiger partial charge in [0.15, 0.2) is 0 Å². The summed E-state index contributed by atoms with van der Waals surface area (Å²) in [6.45, 7) is 4.08. The topological polar surface area (TPSA) is 44.3 Å². The molecule has 86 valence electrons. The molecule has 0 heterocycles. The fraction of sp³-hybridized carbons (Fsp3) is 0.455. The third-order valence-electron chi connectivity index (χ3n) is 1.83. The van der Waals surface area contributed by atoms with E-state index in [9.17, 15) is 5.11 Å². The van der Waals surface area contributed by atoms with Crippen LogP contribution in [-0.4, -0.2) is 22.4 Å². The van der Waals surface area contributed by atoms with Gasteiger partial charge in [0, 0.05) is 0 Å². The van der Waals surface area contributed by atoms with Crippen LogP contribution >= 0.6 is 0 Å². The van der Waals surface area contributed by atoms with Crippen molar-refractivity contribution in [2.24, 2.45) is 0 Å². The molecule has 3 N–H and O–H groups in total. The van der Waals surface area contributed by atoms with Gasteiger partial charge in [-0.25, -0.2) is 0 Å². The quantitative estimate of drug-likeness (QED) is 0.261. The maximum absolute atomic E-state index is 9.72. The van der Waals surface area contributed by atoms with Gasteiger partial charge in [-0.3, -0.25) is 0 Å². The van der Waals surface area contributed by atoms with Crippen molar-refractivity contribution in [1.82, 2.24) is 5.32 Å². The molecule has 1 aromatic carbocycles. The fourth-order valence-electron chi connectivity index (χ4n) is 1.12. The van der Waals surface area contributed by atoms with Crippen molar-refractivity contribution >= 4 is 5.69 Å². The number of rotatable bonds is 5. The van der Waals surface area contributed by atoms with E-state index in [1.165, 1.54) is 3.57 Å². The maximum atomic E-state index is 9.72. The van der Waals surface area contributed by atoms with Gasteiger partial charge in [-0.1, -0.05) is 0 Å². The van der Waals surface area contributed by atoms with Crippen molar-refractivity contribution in [2.75, 3.05) is 12.4 Å². The van der Waals surface area contributed by atoms with Gasteiger partial charge in [0.2, 0.25) is 0 Å². The number of aliphatic hydroxyl groups is 1. The number of hydrogen-bond donors (Lipinski definition) is 3. The standard InChI is InChI=1S/C11H18IN2O/c1-8(2)14-11(15)12-9-4-6-10(13-3)7-5-9/h4-8,11,13-15H,1-3H3/q-1. The Morgan fingerprint density at radius 2 is 1.80 bits per heavy atom. The predicted octanol–water partition coefficient (Wildman–Crippen LogP) is -1.74. The Kier molecular flexibility index (Phi) is 5.35. The third-order valence-corrected chi connectivity index (χ3v) is 4.22. The van der Waals surface area contributed by atoms with Crippen molar-refractivity contribution in [3.05, 3.63) is 27.8 Å². The zero-order chi connectivity index (χ0) is 11.3. The van der Waals surface area contributed by atoms with E-state index in [2.05, 4.69) is 22.8 Å². The molecule has 0 fully saturated rings. The Morgan fingerprint density at radius 3 is 2.27 bits per heavy atom. The molecule has 0 amide bonds. The van der Waals surface area contributed by atoms with E-state index < -0.39 is 0 Å². The second kappa shape index (κ2) is 6.30. The van der Waals surface area contributed by atoms with E-state index in [1.807, 2.05) is 33.0 Å². The zero-order valence-electron chi connectivity index (χ0n) is 9.29. The van der Waals surface area contributed by atoms with Gasteiger partial charge in [0.05, 0.1) is 0 Å². The van der Waals surface area contributed by atoms with Crippen LogP contribution in [0.1, 0.15) is 13.8 Å². The van der Waals surface area contributed by atoms with Gasteiger partial charge in [-0.2, -0.15) is 0 Å². The van der Waals surface area contributed by atoms with E-state index in [4.69, 9.17) is 0 Å². The number of benzene rings is 1. The van der Waals surface area contributed by atoms with Crippen LogP contribution in [0.2, 0.25) is 0 Å². The molecule has 3 nitrogen and oxygen atoms in total. The minimum atomic E-state index is -0.371. The van der Waals surface area contributed by atoms with Crippen LogP contribution in [0.5, 0.6) is 0 Å². The van der Waals surface area contributed by atoms with Crippen LogP contribution in [0.25, 0.3) is 0 Å². The molecule has 0 bridgehead atoms. The predicted molar refractivity (Wildman–Crippen MR) is 59.0 cm³/mol. The normalized spacial score (nSPS) is 13.1. The van der Waals surface area contributed by atoms with Gasteiger partial charge < -0.3 is 0 Å². The SMILES string of the molecule is CNc1ccc([I-]C(O)NC(C)C)cc1. The second-order valence-corrected chi connectivity index (χ2v) is 6.57. The van der Waals surface area contributed by atoms with E-state index in [1.54, 1.807) is 0 Å². The number of aliphatic hydroxyl groups excluding tert-OH is 1. The van der Waals surface area contributed by atoms with Crippen molar-refractivity contribution < 1.29 is 26.3 Å². The van der Waals surface area contributed by atoms with Crippen LogP contribution < -0.4 is 31.8 Å². The van der Waals surface area contributed by atoms with Gasteiger partial charge in [-0.05, 0) is 0 Å². The number of hydrogen-bond acceptors (Lipinski definition) is 3. The van der Waals surface area contributed by atoms with Crippen LogP contribution in [0.4, 0.5) is 5.69 Å². The molecule has 0 saturated heterocycles. The summed E-state index contributed by atoms with van der Waals surface area (Å²) in [6, 6.07) is 8.56. The third kappa shape index (κ3) is 4.81. The average molecular weight is 321 g/mol. The van der Waals surface area contributed by atoms with Crippen molar-refractivity contribution in [3.8, 4) is 0 Å². The molecule has 1 aromatic rings. The Labute approximate surface area is 102 Å². The van der Waals surface area contributed by atoms with Crippen molar-refractivity contribution in [3.63, 3.8) is 0 Å². The molecular formula is C11H18IN2O-. The first-order chi connectivity index (χ1) is 7.11. The van der Waals surface area contributed by atoms with Crippen molar-refractivity contribution in [2.45, 2.75) is 24.1 Å². The molecule has 0 aliphatic rings. The summed E-state index contributed by atoms with van der Waals surface area (Å²) in [5.74, 6) is 0. The van der Waals surface area contributed by atoms with E-state index >= 15 is 0 Å². The van der Waals surface area contributed by atoms with E-state index in [-0.39, 0.29) is 25.4 Å². The average Bonchev–Trinajstić information content (AvgIpc) is 2.17.